The Morgan fingerprint density at radius 2 is 0.437 bits per heavy atom. The van der Waals surface area contributed by atoms with Gasteiger partial charge in [-0.25, -0.2) is 13.3 Å². The largest absolute Gasteiger partial charge is 0.382 e. The highest BCUT2D eigenvalue weighted by Gasteiger charge is 2.20. The molecule has 0 atom stereocenters. The van der Waals surface area contributed by atoms with Crippen molar-refractivity contribution >= 4 is 21.6 Å². The van der Waals surface area contributed by atoms with Crippen LogP contribution in [-0.4, -0.2) is 290 Å². The number of hydrogen-bond donors (Lipinski definition) is 1. The number of methoxy groups -OCH3 is 1. The summed E-state index contributed by atoms with van der Waals surface area (Å²) in [6, 6.07) is 0. The van der Waals surface area contributed by atoms with Crippen LogP contribution in [0.15, 0.2) is 0 Å². The topological polar surface area (TPSA) is 231 Å². The first kappa shape index (κ1) is 70.4. The summed E-state index contributed by atoms with van der Waals surface area (Å²) in [4.78, 5) is 2.58. The Morgan fingerprint density at radius 1 is 0.282 bits per heavy atom. The molecule has 25 heteroatoms. The van der Waals surface area contributed by atoms with E-state index in [1.54, 1.807) is 7.11 Å². The number of nitrogens with one attached hydrogen (secondary N) is 1. The second-order valence-electron chi connectivity index (χ2n) is 15.5. The molecule has 0 amide bonds. The molecule has 0 aromatic heterocycles. The van der Waals surface area contributed by atoms with Gasteiger partial charge in [0.15, 0.2) is 9.84 Å². The second-order valence-corrected chi connectivity index (χ2v) is 18.0. The van der Waals surface area contributed by atoms with Crippen molar-refractivity contribution in [3.8, 4) is 0 Å². The lowest BCUT2D eigenvalue weighted by molar-refractivity contribution is -0.0313. The zero-order chi connectivity index (χ0) is 51.5. The maximum absolute atomic E-state index is 12.1. The normalized spacial score (nSPS) is 12.2. The molecule has 0 fully saturated rings. The highest BCUT2D eigenvalue weighted by Crippen LogP contribution is 2.11. The van der Waals surface area contributed by atoms with Crippen molar-refractivity contribution in [1.82, 2.24) is 4.84 Å². The molecule has 0 aliphatic rings. The van der Waals surface area contributed by atoms with Crippen LogP contribution in [0.25, 0.3) is 0 Å². The molecule has 0 rings (SSSR count). The van der Waals surface area contributed by atoms with Gasteiger partial charge in [0.05, 0.1) is 269 Å². The Bertz CT molecular complexity index is 1130. The average molecular weight is 1080 g/mol. The monoisotopic (exact) mass is 1080 g/mol. The Morgan fingerprint density at radius 3 is 0.592 bits per heavy atom. The number of ether oxygens (including phenoxy) is 20. The summed E-state index contributed by atoms with van der Waals surface area (Å²) in [6.45, 7) is 22.1. The van der Waals surface area contributed by atoms with E-state index in [1.165, 1.54) is 0 Å². The van der Waals surface area contributed by atoms with Gasteiger partial charge in [-0.2, -0.15) is 0 Å². The lowest BCUT2D eigenvalue weighted by atomic mass is 10.0. The fourth-order valence-corrected chi connectivity index (χ4v) is 6.44. The Balaban J connectivity index is 3.13. The van der Waals surface area contributed by atoms with Gasteiger partial charge in [-0.3, -0.25) is 0 Å². The van der Waals surface area contributed by atoms with Crippen molar-refractivity contribution in [3.05, 3.63) is 0 Å². The minimum Gasteiger partial charge on any atom is -0.382 e. The van der Waals surface area contributed by atoms with Gasteiger partial charge in [-0.15, -0.1) is 0 Å². The molecule has 0 aromatic rings. The first-order valence-corrected chi connectivity index (χ1v) is 27.1. The zero-order valence-corrected chi connectivity index (χ0v) is 45.0. The molecular weight excluding hydrogens is 986 g/mol. The van der Waals surface area contributed by atoms with Crippen LogP contribution in [0.3, 0.4) is 0 Å². The molecule has 0 aromatic carbocycles. The molecule has 428 valence electrons. The maximum Gasteiger partial charge on any atom is 0.152 e. The Hall–Kier alpha value is -0.600. The summed E-state index contributed by atoms with van der Waals surface area (Å²) in [5, 5.41) is 0. The molecule has 71 heavy (non-hydrogen) atoms. The van der Waals surface area contributed by atoms with Crippen molar-refractivity contribution in [3.63, 3.8) is 0 Å². The Labute approximate surface area is 430 Å². The van der Waals surface area contributed by atoms with Crippen molar-refractivity contribution in [2.75, 3.05) is 276 Å². The smallest absolute Gasteiger partial charge is 0.152 e. The van der Waals surface area contributed by atoms with Crippen LogP contribution >= 0.6 is 11.8 Å². The molecular formula is C46H94ClNO22S. The van der Waals surface area contributed by atoms with Crippen LogP contribution in [0.1, 0.15) is 20.3 Å². The van der Waals surface area contributed by atoms with Crippen LogP contribution in [0.4, 0.5) is 0 Å². The van der Waals surface area contributed by atoms with Gasteiger partial charge in [0, 0.05) is 12.6 Å². The van der Waals surface area contributed by atoms with Crippen LogP contribution in [-0.2, 0) is 105 Å². The molecule has 23 nitrogen and oxygen atoms in total. The van der Waals surface area contributed by atoms with Gasteiger partial charge < -0.3 is 94.7 Å². The number of sulfone groups is 1. The Kier molecular flexibility index (Phi) is 58.2. The molecule has 0 unspecified atom stereocenters. The van der Waals surface area contributed by atoms with Crippen molar-refractivity contribution < 1.29 is 103 Å². The summed E-state index contributed by atoms with van der Waals surface area (Å²) in [5.74, 6) is 0.0214. The van der Waals surface area contributed by atoms with Gasteiger partial charge in [0.2, 0.25) is 0 Å². The molecule has 0 heterocycles. The van der Waals surface area contributed by atoms with E-state index in [1.807, 2.05) is 13.8 Å². The van der Waals surface area contributed by atoms with E-state index in [2.05, 4.69) is 4.84 Å². The number of rotatable bonds is 64. The summed E-state index contributed by atoms with van der Waals surface area (Å²) in [6.07, 6.45) is 0.421. The van der Waals surface area contributed by atoms with Crippen LogP contribution < -0.4 is 4.84 Å². The van der Waals surface area contributed by atoms with E-state index in [-0.39, 0.29) is 18.1 Å². The summed E-state index contributed by atoms with van der Waals surface area (Å²) in [5.41, 5.74) is -0.445. The van der Waals surface area contributed by atoms with Crippen LogP contribution in [0, 0.1) is 0 Å². The quantitative estimate of drug-likeness (QED) is 0.0668. The summed E-state index contributed by atoms with van der Waals surface area (Å²) >= 11 is 5.62. The fraction of sp³-hybridized carbons (Fsp3) is 1.00. The molecule has 0 saturated heterocycles. The first-order chi connectivity index (χ1) is 34.8. The van der Waals surface area contributed by atoms with Gasteiger partial charge in [0.1, 0.15) is 0 Å². The molecule has 0 bridgehead atoms. The van der Waals surface area contributed by atoms with Gasteiger partial charge in [-0.1, -0.05) is 0 Å². The molecule has 0 aliphatic heterocycles. The third-order valence-electron chi connectivity index (χ3n) is 8.96. The highest BCUT2D eigenvalue weighted by molar-refractivity contribution is 7.91. The van der Waals surface area contributed by atoms with Crippen molar-refractivity contribution in [1.29, 1.82) is 0 Å². The second kappa shape index (κ2) is 58.7. The molecule has 0 spiro atoms. The zero-order valence-electron chi connectivity index (χ0n) is 43.5. The summed E-state index contributed by atoms with van der Waals surface area (Å²) in [7, 11) is -1.55. The van der Waals surface area contributed by atoms with E-state index in [9.17, 15) is 8.42 Å². The van der Waals surface area contributed by atoms with E-state index in [0.717, 1.165) is 0 Å². The predicted octanol–water partition coefficient (Wildman–Crippen LogP) is 1.28. The fourth-order valence-electron chi connectivity index (χ4n) is 4.95. The van der Waals surface area contributed by atoms with Crippen LogP contribution in [0.2, 0.25) is 0 Å². The SMILES string of the molecule is COCCOCCOCCOCCOCCOCCOCCOCCOCCOCCOCCOCCOCCOCCOCCOCCOCCOCCOCCOCCS(=O)(=O)CCC(C)(C)NCl. The van der Waals surface area contributed by atoms with Gasteiger partial charge in [-0.05, 0) is 32.0 Å². The van der Waals surface area contributed by atoms with E-state index < -0.39 is 15.4 Å². The van der Waals surface area contributed by atoms with Crippen molar-refractivity contribution in [2.45, 2.75) is 25.8 Å². The van der Waals surface area contributed by atoms with Gasteiger partial charge >= 0.3 is 0 Å². The van der Waals surface area contributed by atoms with E-state index in [4.69, 9.17) is 107 Å². The average Bonchev–Trinajstić information content (AvgIpc) is 3.36. The summed E-state index contributed by atoms with van der Waals surface area (Å²) < 4.78 is 133. The van der Waals surface area contributed by atoms with E-state index in [0.29, 0.717) is 257 Å². The molecule has 0 radical (unpaired) electrons. The molecule has 0 aliphatic carbocycles. The lowest BCUT2D eigenvalue weighted by Crippen LogP contribution is -2.35. The van der Waals surface area contributed by atoms with Crippen molar-refractivity contribution in [2.24, 2.45) is 0 Å². The van der Waals surface area contributed by atoms with E-state index >= 15 is 0 Å². The minimum atomic E-state index is -3.20. The standard InChI is InChI=1S/C46H94ClNO22S/c1-46(2,48-47)4-44-71(49,50)45-43-70-42-41-69-40-39-68-38-37-67-36-35-66-34-33-65-32-31-64-30-29-63-28-27-62-26-25-61-24-23-60-22-21-59-20-19-58-18-17-57-16-15-56-14-13-55-12-11-54-10-9-53-8-7-52-6-5-51-3/h48H,4-45H2,1-3H3. The molecule has 1 N–H and O–H groups in total. The number of halogens is 1. The first-order valence-electron chi connectivity index (χ1n) is 24.9. The maximum atomic E-state index is 12.1. The minimum absolute atomic E-state index is 0.0301. The third kappa shape index (κ3) is 61.8. The highest BCUT2D eigenvalue weighted by atomic mass is 35.5. The predicted molar refractivity (Wildman–Crippen MR) is 264 cm³/mol. The number of hydrogen-bond acceptors (Lipinski definition) is 23. The lowest BCUT2D eigenvalue weighted by Gasteiger charge is -2.21. The third-order valence-corrected chi connectivity index (χ3v) is 11.1. The van der Waals surface area contributed by atoms with Gasteiger partial charge in [0.25, 0.3) is 0 Å². The van der Waals surface area contributed by atoms with Crippen LogP contribution in [0.5, 0.6) is 0 Å². The molecule has 0 saturated carbocycles.